The second kappa shape index (κ2) is 9.06. The van der Waals surface area contributed by atoms with Gasteiger partial charge in [0.2, 0.25) is 0 Å². The van der Waals surface area contributed by atoms with Gasteiger partial charge in [-0.05, 0) is 25.7 Å². The minimum Gasteiger partial charge on any atom is -0.393 e. The number of hydrogen-bond donors (Lipinski definition) is 1. The molecule has 94 valence electrons. The first-order valence-electron chi connectivity index (χ1n) is 6.60. The van der Waals surface area contributed by atoms with E-state index in [1.807, 2.05) is 0 Å². The molecule has 0 unspecified atom stereocenters. The van der Waals surface area contributed by atoms with Crippen LogP contribution in [0.3, 0.4) is 0 Å². The minimum atomic E-state index is -0.108. The van der Waals surface area contributed by atoms with E-state index in [-0.39, 0.29) is 6.10 Å². The number of thioether (sulfide) groups is 1. The highest BCUT2D eigenvalue weighted by Crippen LogP contribution is 2.26. The highest BCUT2D eigenvalue weighted by Gasteiger charge is 2.18. The van der Waals surface area contributed by atoms with Crippen molar-refractivity contribution in [3.8, 4) is 0 Å². The van der Waals surface area contributed by atoms with Gasteiger partial charge in [-0.2, -0.15) is 0 Å². The summed E-state index contributed by atoms with van der Waals surface area (Å²) in [4.78, 5) is 10.1. The van der Waals surface area contributed by atoms with E-state index in [0.717, 1.165) is 31.3 Å². The lowest BCUT2D eigenvalue weighted by atomic mass is 9.97. The summed E-state index contributed by atoms with van der Waals surface area (Å²) in [5, 5.41) is 9.57. The predicted molar refractivity (Wildman–Crippen MR) is 70.3 cm³/mol. The van der Waals surface area contributed by atoms with Crippen LogP contribution < -0.4 is 0 Å². The van der Waals surface area contributed by atoms with Crippen molar-refractivity contribution in [2.75, 3.05) is 0 Å². The SMILES string of the molecule is C1CCCCC1.O=CSC1CCC(O)CC1. The highest BCUT2D eigenvalue weighted by molar-refractivity contribution is 8.12. The van der Waals surface area contributed by atoms with Gasteiger partial charge >= 0.3 is 0 Å². The lowest BCUT2D eigenvalue weighted by Crippen LogP contribution is -2.19. The van der Waals surface area contributed by atoms with Crippen LogP contribution in [-0.2, 0) is 4.79 Å². The number of rotatable bonds is 2. The maximum absolute atomic E-state index is 10.1. The lowest BCUT2D eigenvalue weighted by molar-refractivity contribution is 0.132. The maximum Gasteiger partial charge on any atom is 0.176 e. The average Bonchev–Trinajstić information content (AvgIpc) is 2.35. The van der Waals surface area contributed by atoms with E-state index in [4.69, 9.17) is 5.11 Å². The van der Waals surface area contributed by atoms with Gasteiger partial charge in [-0.3, -0.25) is 4.79 Å². The van der Waals surface area contributed by atoms with Gasteiger partial charge in [0.25, 0.3) is 0 Å². The van der Waals surface area contributed by atoms with Gasteiger partial charge in [0.05, 0.1) is 6.10 Å². The fraction of sp³-hybridized carbons (Fsp3) is 0.923. The molecule has 2 saturated carbocycles. The third kappa shape index (κ3) is 6.54. The summed E-state index contributed by atoms with van der Waals surface area (Å²) in [7, 11) is 0. The second-order valence-corrected chi connectivity index (χ2v) is 5.92. The molecule has 0 saturated heterocycles. The smallest absolute Gasteiger partial charge is 0.176 e. The zero-order chi connectivity index (χ0) is 11.6. The number of aliphatic hydroxyl groups excluding tert-OH is 1. The zero-order valence-electron chi connectivity index (χ0n) is 10.1. The van der Waals surface area contributed by atoms with E-state index >= 15 is 0 Å². The minimum absolute atomic E-state index is 0.108. The van der Waals surface area contributed by atoms with Gasteiger partial charge in [0.15, 0.2) is 5.62 Å². The van der Waals surface area contributed by atoms with Crippen molar-refractivity contribution in [1.82, 2.24) is 0 Å². The molecular weight excluding hydrogens is 220 g/mol. The molecule has 2 aliphatic carbocycles. The van der Waals surface area contributed by atoms with E-state index in [1.54, 1.807) is 0 Å². The Morgan fingerprint density at radius 3 is 1.69 bits per heavy atom. The van der Waals surface area contributed by atoms with Crippen molar-refractivity contribution >= 4 is 17.4 Å². The van der Waals surface area contributed by atoms with E-state index in [1.165, 1.54) is 50.3 Å². The van der Waals surface area contributed by atoms with Crippen LogP contribution in [0.4, 0.5) is 0 Å². The van der Waals surface area contributed by atoms with Gasteiger partial charge in [0, 0.05) is 5.25 Å². The summed E-state index contributed by atoms with van der Waals surface area (Å²) in [6.07, 6.45) is 12.6. The third-order valence-electron chi connectivity index (χ3n) is 3.39. The number of hydrogen-bond acceptors (Lipinski definition) is 3. The van der Waals surface area contributed by atoms with Crippen molar-refractivity contribution < 1.29 is 9.90 Å². The molecule has 2 aliphatic rings. The molecule has 3 heteroatoms. The van der Waals surface area contributed by atoms with Crippen LogP contribution in [0.25, 0.3) is 0 Å². The molecule has 0 radical (unpaired) electrons. The van der Waals surface area contributed by atoms with Crippen LogP contribution in [0.15, 0.2) is 0 Å². The van der Waals surface area contributed by atoms with E-state index in [2.05, 4.69) is 0 Å². The van der Waals surface area contributed by atoms with Gasteiger partial charge < -0.3 is 5.11 Å². The van der Waals surface area contributed by atoms with Crippen LogP contribution >= 0.6 is 11.8 Å². The fourth-order valence-corrected chi connectivity index (χ4v) is 3.02. The van der Waals surface area contributed by atoms with E-state index < -0.39 is 0 Å². The molecule has 0 bridgehead atoms. The zero-order valence-corrected chi connectivity index (χ0v) is 10.9. The Morgan fingerprint density at radius 2 is 1.31 bits per heavy atom. The van der Waals surface area contributed by atoms with Crippen molar-refractivity contribution in [1.29, 1.82) is 0 Å². The van der Waals surface area contributed by atoms with Gasteiger partial charge in [-0.15, -0.1) is 0 Å². The average molecular weight is 244 g/mol. The summed E-state index contributed by atoms with van der Waals surface area (Å²) in [6, 6.07) is 0. The Labute approximate surface area is 103 Å². The summed E-state index contributed by atoms with van der Waals surface area (Å²) in [5.74, 6) is 0. The first-order valence-corrected chi connectivity index (χ1v) is 7.54. The molecule has 0 aromatic carbocycles. The molecule has 2 nitrogen and oxygen atoms in total. The van der Waals surface area contributed by atoms with Crippen molar-refractivity contribution in [2.24, 2.45) is 0 Å². The lowest BCUT2D eigenvalue weighted by Gasteiger charge is -2.22. The Bertz CT molecular complexity index is 161. The van der Waals surface area contributed by atoms with Crippen LogP contribution in [0, 0.1) is 0 Å². The molecule has 0 atom stereocenters. The number of carbonyl (C=O) groups excluding carboxylic acids is 1. The summed E-state index contributed by atoms with van der Waals surface area (Å²) < 4.78 is 0. The fourth-order valence-electron chi connectivity index (χ4n) is 2.32. The van der Waals surface area contributed by atoms with Crippen LogP contribution in [0.2, 0.25) is 0 Å². The Morgan fingerprint density at radius 1 is 0.875 bits per heavy atom. The topological polar surface area (TPSA) is 37.3 Å². The normalized spacial score (nSPS) is 30.1. The summed E-state index contributed by atoms with van der Waals surface area (Å²) in [6.45, 7) is 0. The summed E-state index contributed by atoms with van der Waals surface area (Å²) >= 11 is 1.36. The molecule has 1 N–H and O–H groups in total. The molecule has 0 aromatic heterocycles. The molecule has 0 amide bonds. The van der Waals surface area contributed by atoms with Crippen molar-refractivity contribution in [3.63, 3.8) is 0 Å². The van der Waals surface area contributed by atoms with Crippen LogP contribution in [0.5, 0.6) is 0 Å². The van der Waals surface area contributed by atoms with Crippen LogP contribution in [-0.4, -0.2) is 22.1 Å². The predicted octanol–water partition coefficient (Wildman–Crippen LogP) is 3.55. The van der Waals surface area contributed by atoms with Gasteiger partial charge in [-0.25, -0.2) is 0 Å². The molecule has 16 heavy (non-hydrogen) atoms. The standard InChI is InChI=1S/C7H12O2S.C6H12/c8-5-10-7-3-1-6(9)2-4-7;1-2-4-6-5-3-1/h5-7,9H,1-4H2;1-6H2. The molecule has 0 aliphatic heterocycles. The maximum atomic E-state index is 10.1. The van der Waals surface area contributed by atoms with Crippen molar-refractivity contribution in [3.05, 3.63) is 0 Å². The van der Waals surface area contributed by atoms with Gasteiger partial charge in [-0.1, -0.05) is 50.3 Å². The second-order valence-electron chi connectivity index (χ2n) is 4.78. The third-order valence-corrected chi connectivity index (χ3v) is 4.36. The number of aliphatic hydroxyl groups is 1. The molecule has 2 fully saturated rings. The Kier molecular flexibility index (Phi) is 7.95. The largest absolute Gasteiger partial charge is 0.393 e. The molecule has 0 heterocycles. The highest BCUT2D eigenvalue weighted by atomic mass is 32.2. The molecule has 2 rings (SSSR count). The summed E-state index contributed by atoms with van der Waals surface area (Å²) in [5.41, 5.74) is 0.905. The molecular formula is C13H24O2S. The Hall–Kier alpha value is -0.0200. The first kappa shape index (κ1) is 14.0. The van der Waals surface area contributed by atoms with E-state index in [0.29, 0.717) is 5.25 Å². The van der Waals surface area contributed by atoms with Crippen LogP contribution in [0.1, 0.15) is 64.2 Å². The monoisotopic (exact) mass is 244 g/mol. The van der Waals surface area contributed by atoms with E-state index in [9.17, 15) is 4.79 Å². The number of carbonyl (C=O) groups is 1. The molecule has 0 aromatic rings. The Balaban J connectivity index is 0.000000181. The quantitative estimate of drug-likeness (QED) is 0.755. The van der Waals surface area contributed by atoms with Crippen molar-refractivity contribution in [2.45, 2.75) is 75.6 Å². The van der Waals surface area contributed by atoms with Gasteiger partial charge in [0.1, 0.15) is 0 Å². The first-order chi connectivity index (χ1) is 7.83. The molecule has 0 spiro atoms.